The van der Waals surface area contributed by atoms with Gasteiger partial charge in [0.05, 0.1) is 12.4 Å². The van der Waals surface area contributed by atoms with E-state index >= 15 is 0 Å². The molecule has 0 aliphatic carbocycles. The Labute approximate surface area is 131 Å². The topological polar surface area (TPSA) is 46.9 Å². The summed E-state index contributed by atoms with van der Waals surface area (Å²) in [5.74, 6) is -0.417. The molecule has 0 fully saturated rings. The molecule has 0 spiro atoms. The van der Waals surface area contributed by atoms with E-state index in [4.69, 9.17) is 0 Å². The van der Waals surface area contributed by atoms with E-state index in [0.29, 0.717) is 0 Å². The number of thiophene rings is 1. The molecule has 3 aromatic rings. The Morgan fingerprint density at radius 3 is 2.77 bits per heavy atom. The first kappa shape index (κ1) is 14.5. The lowest BCUT2D eigenvalue weighted by atomic mass is 10.1. The van der Waals surface area contributed by atoms with Gasteiger partial charge in [-0.05, 0) is 29.1 Å². The third-order valence-electron chi connectivity index (χ3n) is 3.22. The minimum Gasteiger partial charge on any atom is -0.343 e. The van der Waals surface area contributed by atoms with E-state index < -0.39 is 0 Å². The van der Waals surface area contributed by atoms with Crippen LogP contribution in [-0.2, 0) is 11.3 Å². The van der Waals surface area contributed by atoms with Crippen molar-refractivity contribution in [3.63, 3.8) is 0 Å². The van der Waals surface area contributed by atoms with Gasteiger partial charge in [-0.2, -0.15) is 0 Å². The fourth-order valence-corrected chi connectivity index (χ4v) is 2.98. The fourth-order valence-electron chi connectivity index (χ4n) is 2.18. The molecule has 4 nitrogen and oxygen atoms in total. The first-order chi connectivity index (χ1) is 10.7. The SMILES string of the molecule is O=C(Cn1ccnc1)NC(c1ccc(F)cc1)c1cccs1. The van der Waals surface area contributed by atoms with E-state index in [1.807, 2.05) is 17.5 Å². The van der Waals surface area contributed by atoms with Gasteiger partial charge in [-0.15, -0.1) is 11.3 Å². The van der Waals surface area contributed by atoms with Crippen LogP contribution < -0.4 is 5.32 Å². The van der Waals surface area contributed by atoms with Crippen molar-refractivity contribution in [3.8, 4) is 0 Å². The molecule has 22 heavy (non-hydrogen) atoms. The van der Waals surface area contributed by atoms with Crippen LogP contribution in [0.5, 0.6) is 0 Å². The van der Waals surface area contributed by atoms with Crippen molar-refractivity contribution in [3.05, 3.63) is 76.8 Å². The Morgan fingerprint density at radius 1 is 1.32 bits per heavy atom. The van der Waals surface area contributed by atoms with Crippen molar-refractivity contribution < 1.29 is 9.18 Å². The van der Waals surface area contributed by atoms with Gasteiger partial charge in [-0.3, -0.25) is 4.79 Å². The van der Waals surface area contributed by atoms with Crippen LogP contribution in [0.2, 0.25) is 0 Å². The lowest BCUT2D eigenvalue weighted by Crippen LogP contribution is -2.31. The van der Waals surface area contributed by atoms with Gasteiger partial charge >= 0.3 is 0 Å². The minimum absolute atomic E-state index is 0.124. The van der Waals surface area contributed by atoms with Crippen molar-refractivity contribution in [2.75, 3.05) is 0 Å². The summed E-state index contributed by atoms with van der Waals surface area (Å²) in [6, 6.07) is 9.79. The lowest BCUT2D eigenvalue weighted by molar-refractivity contribution is -0.122. The van der Waals surface area contributed by atoms with Crippen molar-refractivity contribution in [1.29, 1.82) is 0 Å². The van der Waals surface area contributed by atoms with E-state index in [2.05, 4.69) is 10.3 Å². The number of halogens is 1. The maximum absolute atomic E-state index is 13.1. The number of carbonyl (C=O) groups excluding carboxylic acids is 1. The van der Waals surface area contributed by atoms with Crippen LogP contribution in [-0.4, -0.2) is 15.5 Å². The van der Waals surface area contributed by atoms with E-state index in [1.54, 1.807) is 46.8 Å². The second-order valence-electron chi connectivity index (χ2n) is 4.80. The molecule has 1 atom stereocenters. The molecule has 0 aliphatic heterocycles. The second-order valence-corrected chi connectivity index (χ2v) is 5.78. The molecule has 1 amide bonds. The zero-order valence-corrected chi connectivity index (χ0v) is 12.5. The van der Waals surface area contributed by atoms with Gasteiger partial charge in [0.25, 0.3) is 0 Å². The molecule has 0 radical (unpaired) electrons. The van der Waals surface area contributed by atoms with Gasteiger partial charge in [0.1, 0.15) is 12.4 Å². The van der Waals surface area contributed by atoms with Crippen LogP contribution in [0.1, 0.15) is 16.5 Å². The molecular formula is C16H14FN3OS. The molecular weight excluding hydrogens is 301 g/mol. The molecule has 1 N–H and O–H groups in total. The summed E-state index contributed by atoms with van der Waals surface area (Å²) >= 11 is 1.55. The summed E-state index contributed by atoms with van der Waals surface area (Å²) in [6.45, 7) is 0.197. The zero-order chi connectivity index (χ0) is 15.4. The zero-order valence-electron chi connectivity index (χ0n) is 11.6. The van der Waals surface area contributed by atoms with Crippen LogP contribution in [0.4, 0.5) is 4.39 Å². The highest BCUT2D eigenvalue weighted by atomic mass is 32.1. The monoisotopic (exact) mass is 315 g/mol. The predicted molar refractivity (Wildman–Crippen MR) is 82.9 cm³/mol. The highest BCUT2D eigenvalue weighted by molar-refractivity contribution is 7.10. The summed E-state index contributed by atoms with van der Waals surface area (Å²) in [5, 5.41) is 4.95. The summed E-state index contributed by atoms with van der Waals surface area (Å²) in [5.41, 5.74) is 0.850. The van der Waals surface area contributed by atoms with Crippen molar-refractivity contribution in [2.24, 2.45) is 0 Å². The number of nitrogens with zero attached hydrogens (tertiary/aromatic N) is 2. The number of rotatable bonds is 5. The summed E-state index contributed by atoms with van der Waals surface area (Å²) < 4.78 is 14.8. The van der Waals surface area contributed by atoms with Crippen molar-refractivity contribution >= 4 is 17.2 Å². The normalized spacial score (nSPS) is 12.0. The number of nitrogens with one attached hydrogen (secondary N) is 1. The number of benzene rings is 1. The largest absolute Gasteiger partial charge is 0.343 e. The second kappa shape index (κ2) is 6.53. The Morgan fingerprint density at radius 2 is 2.14 bits per heavy atom. The molecule has 0 saturated heterocycles. The molecule has 0 saturated carbocycles. The minimum atomic E-state index is -0.293. The number of hydrogen-bond acceptors (Lipinski definition) is 3. The average Bonchev–Trinajstić information content (AvgIpc) is 3.19. The first-order valence-corrected chi connectivity index (χ1v) is 7.64. The molecule has 2 heterocycles. The molecule has 6 heteroatoms. The number of amides is 1. The molecule has 2 aromatic heterocycles. The molecule has 3 rings (SSSR count). The summed E-state index contributed by atoms with van der Waals surface area (Å²) in [6.07, 6.45) is 4.96. The van der Waals surface area contributed by atoms with Crippen LogP contribution in [0.3, 0.4) is 0 Å². The Bertz CT molecular complexity index is 723. The van der Waals surface area contributed by atoms with E-state index in [0.717, 1.165) is 10.4 Å². The molecule has 1 unspecified atom stereocenters. The smallest absolute Gasteiger partial charge is 0.240 e. The Balaban J connectivity index is 1.80. The van der Waals surface area contributed by atoms with Gasteiger partial charge in [0.15, 0.2) is 0 Å². The lowest BCUT2D eigenvalue weighted by Gasteiger charge is -2.18. The van der Waals surface area contributed by atoms with Crippen LogP contribution >= 0.6 is 11.3 Å². The van der Waals surface area contributed by atoms with E-state index in [-0.39, 0.29) is 24.3 Å². The van der Waals surface area contributed by atoms with Gasteiger partial charge in [0, 0.05) is 17.3 Å². The van der Waals surface area contributed by atoms with Crippen LogP contribution in [0.15, 0.2) is 60.5 Å². The fraction of sp³-hybridized carbons (Fsp3) is 0.125. The predicted octanol–water partition coefficient (Wildman–Crippen LogP) is 2.99. The maximum atomic E-state index is 13.1. The van der Waals surface area contributed by atoms with Gasteiger partial charge in [0.2, 0.25) is 5.91 Å². The first-order valence-electron chi connectivity index (χ1n) is 6.76. The Hall–Kier alpha value is -2.47. The van der Waals surface area contributed by atoms with Gasteiger partial charge < -0.3 is 9.88 Å². The summed E-state index contributed by atoms with van der Waals surface area (Å²) in [7, 11) is 0. The van der Waals surface area contributed by atoms with Crippen molar-refractivity contribution in [2.45, 2.75) is 12.6 Å². The Kier molecular flexibility index (Phi) is 4.29. The van der Waals surface area contributed by atoms with Gasteiger partial charge in [-0.25, -0.2) is 9.37 Å². The number of aromatic nitrogens is 2. The standard InChI is InChI=1S/C16H14FN3OS/c17-13-5-3-12(4-6-13)16(14-2-1-9-22-14)19-15(21)10-20-8-7-18-11-20/h1-9,11,16H,10H2,(H,19,21). The van der Waals surface area contributed by atoms with Crippen molar-refractivity contribution in [1.82, 2.24) is 14.9 Å². The van der Waals surface area contributed by atoms with Crippen LogP contribution in [0, 0.1) is 5.82 Å². The average molecular weight is 315 g/mol. The molecule has 1 aromatic carbocycles. The third kappa shape index (κ3) is 3.40. The quantitative estimate of drug-likeness (QED) is 0.787. The van der Waals surface area contributed by atoms with E-state index in [1.165, 1.54) is 12.1 Å². The van der Waals surface area contributed by atoms with Crippen LogP contribution in [0.25, 0.3) is 0 Å². The summed E-state index contributed by atoms with van der Waals surface area (Å²) in [4.78, 5) is 17.1. The van der Waals surface area contributed by atoms with Gasteiger partial charge in [-0.1, -0.05) is 18.2 Å². The highest BCUT2D eigenvalue weighted by Crippen LogP contribution is 2.26. The highest BCUT2D eigenvalue weighted by Gasteiger charge is 2.18. The molecule has 0 bridgehead atoms. The number of carbonyl (C=O) groups is 1. The molecule has 0 aliphatic rings. The molecule has 112 valence electrons. The van der Waals surface area contributed by atoms with E-state index in [9.17, 15) is 9.18 Å². The number of hydrogen-bond donors (Lipinski definition) is 1. The number of imidazole rings is 1. The maximum Gasteiger partial charge on any atom is 0.240 e. The third-order valence-corrected chi connectivity index (χ3v) is 4.16.